The van der Waals surface area contributed by atoms with Crippen molar-refractivity contribution in [3.05, 3.63) is 65.9 Å². The number of fused-ring (bicyclic) bond motifs is 1. The summed E-state index contributed by atoms with van der Waals surface area (Å²) in [7, 11) is 0. The molecule has 0 aliphatic carbocycles. The molecule has 1 N–H and O–H groups in total. The molecule has 1 aromatic heterocycles. The highest BCUT2D eigenvalue weighted by Gasteiger charge is 2.09. The number of nitrogens with zero attached hydrogens (tertiary/aromatic N) is 2. The SMILES string of the molecule is Cc1cccc2cnnc(NC(=O)CCc3ccccc3)c12. The normalized spacial score (nSPS) is 10.6. The van der Waals surface area contributed by atoms with Crippen LogP contribution in [-0.2, 0) is 11.2 Å². The molecule has 0 aliphatic heterocycles. The van der Waals surface area contributed by atoms with Gasteiger partial charge in [0.2, 0.25) is 5.91 Å². The summed E-state index contributed by atoms with van der Waals surface area (Å²) in [6.45, 7) is 2.00. The number of aromatic nitrogens is 2. The van der Waals surface area contributed by atoms with Crippen LogP contribution in [0.4, 0.5) is 5.82 Å². The summed E-state index contributed by atoms with van der Waals surface area (Å²) in [4.78, 5) is 12.2. The van der Waals surface area contributed by atoms with Crippen LogP contribution < -0.4 is 5.32 Å². The maximum Gasteiger partial charge on any atom is 0.225 e. The molecule has 110 valence electrons. The monoisotopic (exact) mass is 291 g/mol. The molecule has 0 atom stereocenters. The Balaban J connectivity index is 1.74. The van der Waals surface area contributed by atoms with E-state index in [1.54, 1.807) is 6.20 Å². The van der Waals surface area contributed by atoms with Crippen molar-refractivity contribution in [1.82, 2.24) is 10.2 Å². The number of rotatable bonds is 4. The van der Waals surface area contributed by atoms with E-state index in [1.165, 1.54) is 0 Å². The minimum absolute atomic E-state index is 0.0473. The summed E-state index contributed by atoms with van der Waals surface area (Å²) in [5.74, 6) is 0.488. The lowest BCUT2D eigenvalue weighted by Gasteiger charge is -2.09. The number of carbonyl (C=O) groups is 1. The van der Waals surface area contributed by atoms with Gasteiger partial charge in [0.25, 0.3) is 0 Å². The van der Waals surface area contributed by atoms with Gasteiger partial charge in [0.1, 0.15) is 0 Å². The number of anilines is 1. The second kappa shape index (κ2) is 6.35. The van der Waals surface area contributed by atoms with E-state index in [1.807, 2.05) is 55.5 Å². The van der Waals surface area contributed by atoms with Gasteiger partial charge in [0.05, 0.1) is 6.20 Å². The molecule has 1 amide bonds. The maximum atomic E-state index is 12.2. The predicted octanol–water partition coefficient (Wildman–Crippen LogP) is 3.51. The number of hydrogen-bond acceptors (Lipinski definition) is 3. The van der Waals surface area contributed by atoms with E-state index in [-0.39, 0.29) is 5.91 Å². The van der Waals surface area contributed by atoms with Crippen molar-refractivity contribution in [1.29, 1.82) is 0 Å². The van der Waals surface area contributed by atoms with Crippen molar-refractivity contribution in [3.63, 3.8) is 0 Å². The molecule has 4 nitrogen and oxygen atoms in total. The molecular formula is C18H17N3O. The van der Waals surface area contributed by atoms with E-state index in [0.717, 1.165) is 21.9 Å². The number of amides is 1. The first kappa shape index (κ1) is 14.2. The standard InChI is InChI=1S/C18H17N3O/c1-13-6-5-9-15-12-19-21-18(17(13)15)20-16(22)11-10-14-7-3-2-4-8-14/h2-9,12H,10-11H2,1H3,(H,20,21,22). The number of hydrogen-bond donors (Lipinski definition) is 1. The fourth-order valence-electron chi connectivity index (χ4n) is 2.50. The second-order valence-corrected chi connectivity index (χ2v) is 5.27. The Morgan fingerprint density at radius 2 is 1.91 bits per heavy atom. The first-order valence-electron chi connectivity index (χ1n) is 7.29. The van der Waals surface area contributed by atoms with E-state index < -0.39 is 0 Å². The van der Waals surface area contributed by atoms with Crippen LogP contribution >= 0.6 is 0 Å². The van der Waals surface area contributed by atoms with Crippen molar-refractivity contribution in [2.24, 2.45) is 0 Å². The first-order chi connectivity index (χ1) is 10.7. The van der Waals surface area contributed by atoms with Crippen LogP contribution in [0.15, 0.2) is 54.7 Å². The highest BCUT2D eigenvalue weighted by Crippen LogP contribution is 2.23. The van der Waals surface area contributed by atoms with Gasteiger partial charge >= 0.3 is 0 Å². The predicted molar refractivity (Wildman–Crippen MR) is 87.7 cm³/mol. The lowest BCUT2D eigenvalue weighted by atomic mass is 10.1. The zero-order valence-corrected chi connectivity index (χ0v) is 12.4. The fraction of sp³-hybridized carbons (Fsp3) is 0.167. The molecule has 4 heteroatoms. The fourth-order valence-corrected chi connectivity index (χ4v) is 2.50. The summed E-state index contributed by atoms with van der Waals surface area (Å²) in [6.07, 6.45) is 2.85. The van der Waals surface area contributed by atoms with Crippen molar-refractivity contribution in [2.45, 2.75) is 19.8 Å². The topological polar surface area (TPSA) is 54.9 Å². The summed E-state index contributed by atoms with van der Waals surface area (Å²) < 4.78 is 0. The van der Waals surface area contributed by atoms with Crippen molar-refractivity contribution >= 4 is 22.5 Å². The number of nitrogens with one attached hydrogen (secondary N) is 1. The van der Waals surface area contributed by atoms with Gasteiger partial charge in [-0.1, -0.05) is 48.5 Å². The van der Waals surface area contributed by atoms with Gasteiger partial charge in [0, 0.05) is 17.2 Å². The van der Waals surface area contributed by atoms with Crippen LogP contribution in [0, 0.1) is 6.92 Å². The molecule has 0 fully saturated rings. The van der Waals surface area contributed by atoms with Gasteiger partial charge in [0.15, 0.2) is 5.82 Å². The smallest absolute Gasteiger partial charge is 0.225 e. The minimum atomic E-state index is -0.0473. The third-order valence-corrected chi connectivity index (χ3v) is 3.64. The molecule has 2 aromatic carbocycles. The summed E-state index contributed by atoms with van der Waals surface area (Å²) in [5, 5.41) is 12.9. The lowest BCUT2D eigenvalue weighted by Crippen LogP contribution is -2.14. The first-order valence-corrected chi connectivity index (χ1v) is 7.29. The summed E-state index contributed by atoms with van der Waals surface area (Å²) >= 11 is 0. The Morgan fingerprint density at radius 1 is 1.09 bits per heavy atom. The Hall–Kier alpha value is -2.75. The summed E-state index contributed by atoms with van der Waals surface area (Å²) in [6, 6.07) is 15.9. The molecule has 0 radical (unpaired) electrons. The Labute approximate surface area is 129 Å². The maximum absolute atomic E-state index is 12.2. The molecule has 0 aliphatic rings. The molecule has 3 aromatic rings. The average molecular weight is 291 g/mol. The quantitative estimate of drug-likeness (QED) is 0.800. The van der Waals surface area contributed by atoms with Crippen molar-refractivity contribution in [3.8, 4) is 0 Å². The molecule has 0 bridgehead atoms. The van der Waals surface area contributed by atoms with Crippen LogP contribution in [0.1, 0.15) is 17.5 Å². The van der Waals surface area contributed by atoms with Crippen LogP contribution in [0.2, 0.25) is 0 Å². The van der Waals surface area contributed by atoms with E-state index in [2.05, 4.69) is 15.5 Å². The molecule has 1 heterocycles. The van der Waals surface area contributed by atoms with Crippen LogP contribution in [0.25, 0.3) is 10.8 Å². The Bertz CT molecular complexity index is 795. The average Bonchev–Trinajstić information content (AvgIpc) is 2.54. The molecule has 22 heavy (non-hydrogen) atoms. The molecule has 0 saturated carbocycles. The Kier molecular flexibility index (Phi) is 4.10. The molecular weight excluding hydrogens is 274 g/mol. The third kappa shape index (κ3) is 3.11. The van der Waals surface area contributed by atoms with Gasteiger partial charge in [-0.15, -0.1) is 5.10 Å². The zero-order chi connectivity index (χ0) is 15.4. The third-order valence-electron chi connectivity index (χ3n) is 3.64. The van der Waals surface area contributed by atoms with E-state index in [9.17, 15) is 4.79 Å². The highest BCUT2D eigenvalue weighted by atomic mass is 16.1. The lowest BCUT2D eigenvalue weighted by molar-refractivity contribution is -0.116. The van der Waals surface area contributed by atoms with Gasteiger partial charge in [-0.25, -0.2) is 0 Å². The largest absolute Gasteiger partial charge is 0.309 e. The molecule has 3 rings (SSSR count). The minimum Gasteiger partial charge on any atom is -0.309 e. The zero-order valence-electron chi connectivity index (χ0n) is 12.4. The van der Waals surface area contributed by atoms with E-state index in [0.29, 0.717) is 18.7 Å². The Morgan fingerprint density at radius 3 is 2.73 bits per heavy atom. The van der Waals surface area contributed by atoms with Gasteiger partial charge in [-0.05, 0) is 24.5 Å². The van der Waals surface area contributed by atoms with E-state index >= 15 is 0 Å². The molecule has 0 saturated heterocycles. The second-order valence-electron chi connectivity index (χ2n) is 5.27. The van der Waals surface area contributed by atoms with Gasteiger partial charge in [-0.3, -0.25) is 4.79 Å². The molecule has 0 unspecified atom stereocenters. The van der Waals surface area contributed by atoms with Gasteiger partial charge in [-0.2, -0.15) is 5.10 Å². The number of benzene rings is 2. The van der Waals surface area contributed by atoms with E-state index in [4.69, 9.17) is 0 Å². The van der Waals surface area contributed by atoms with Gasteiger partial charge < -0.3 is 5.32 Å². The van der Waals surface area contributed by atoms with Crippen molar-refractivity contribution < 1.29 is 4.79 Å². The highest BCUT2D eigenvalue weighted by molar-refractivity contribution is 6.01. The number of carbonyl (C=O) groups excluding carboxylic acids is 1. The van der Waals surface area contributed by atoms with Crippen LogP contribution in [-0.4, -0.2) is 16.1 Å². The summed E-state index contributed by atoms with van der Waals surface area (Å²) in [5.41, 5.74) is 2.23. The van der Waals surface area contributed by atoms with Crippen LogP contribution in [0.5, 0.6) is 0 Å². The van der Waals surface area contributed by atoms with Crippen molar-refractivity contribution in [2.75, 3.05) is 5.32 Å². The molecule has 0 spiro atoms. The van der Waals surface area contributed by atoms with Crippen LogP contribution in [0.3, 0.4) is 0 Å². The number of aryl methyl sites for hydroxylation is 2.